The lowest BCUT2D eigenvalue weighted by Crippen LogP contribution is -2.48. The monoisotopic (exact) mass is 265 g/mol. The van der Waals surface area contributed by atoms with Crippen molar-refractivity contribution in [1.29, 1.82) is 0 Å². The molecule has 0 saturated carbocycles. The Morgan fingerprint density at radius 3 is 2.89 bits per heavy atom. The Bertz CT molecular complexity index is 441. The van der Waals surface area contributed by atoms with E-state index in [1.54, 1.807) is 14.0 Å². The number of carbonyl (C=O) groups is 1. The third-order valence-corrected chi connectivity index (χ3v) is 3.17. The Morgan fingerprint density at radius 1 is 1.47 bits per heavy atom. The molecular weight excluding hydrogens is 246 g/mol. The number of hydrogen-bond acceptors (Lipinski definition) is 5. The number of nitrogens with one attached hydrogen (secondary N) is 1. The predicted octanol–water partition coefficient (Wildman–Crippen LogP) is 1.83. The van der Waals surface area contributed by atoms with Gasteiger partial charge in [-0.1, -0.05) is 12.1 Å². The minimum Gasteiger partial charge on any atom is -0.495 e. The number of carbonyl (C=O) groups excluding carboxylic acids is 1. The Kier molecular flexibility index (Phi) is 4.27. The van der Waals surface area contributed by atoms with Crippen molar-refractivity contribution in [3.63, 3.8) is 0 Å². The molecule has 104 valence electrons. The first-order chi connectivity index (χ1) is 9.22. The van der Waals surface area contributed by atoms with E-state index >= 15 is 0 Å². The van der Waals surface area contributed by atoms with Crippen molar-refractivity contribution in [1.82, 2.24) is 0 Å². The minimum absolute atomic E-state index is 0.279. The fourth-order valence-corrected chi connectivity index (χ4v) is 2.15. The highest BCUT2D eigenvalue weighted by Crippen LogP contribution is 2.31. The molecule has 1 aromatic rings. The van der Waals surface area contributed by atoms with Crippen LogP contribution < -0.4 is 10.1 Å². The van der Waals surface area contributed by atoms with Crippen molar-refractivity contribution in [2.45, 2.75) is 18.9 Å². The number of anilines is 1. The zero-order valence-corrected chi connectivity index (χ0v) is 11.3. The molecule has 0 aliphatic carbocycles. The third-order valence-electron chi connectivity index (χ3n) is 3.17. The molecule has 1 atom stereocenters. The van der Waals surface area contributed by atoms with E-state index < -0.39 is 5.54 Å². The van der Waals surface area contributed by atoms with Gasteiger partial charge in [0.05, 0.1) is 26.0 Å². The van der Waals surface area contributed by atoms with Crippen molar-refractivity contribution in [2.75, 3.05) is 32.2 Å². The van der Waals surface area contributed by atoms with Crippen LogP contribution in [-0.2, 0) is 14.3 Å². The van der Waals surface area contributed by atoms with Gasteiger partial charge in [-0.2, -0.15) is 0 Å². The number of methoxy groups -OCH3 is 1. The van der Waals surface area contributed by atoms with Crippen molar-refractivity contribution in [3.8, 4) is 5.75 Å². The Hall–Kier alpha value is -1.75. The highest BCUT2D eigenvalue weighted by atomic mass is 16.5. The van der Waals surface area contributed by atoms with Crippen LogP contribution in [0.15, 0.2) is 24.3 Å². The maximum absolute atomic E-state index is 12.2. The topological polar surface area (TPSA) is 56.8 Å². The molecule has 1 aliphatic heterocycles. The minimum atomic E-state index is -0.815. The van der Waals surface area contributed by atoms with E-state index in [0.717, 1.165) is 5.69 Å². The van der Waals surface area contributed by atoms with Crippen LogP contribution in [0.3, 0.4) is 0 Å². The van der Waals surface area contributed by atoms with E-state index in [-0.39, 0.29) is 5.97 Å². The summed E-state index contributed by atoms with van der Waals surface area (Å²) in [6.45, 7) is 3.00. The van der Waals surface area contributed by atoms with Gasteiger partial charge in [0.15, 0.2) is 5.54 Å². The van der Waals surface area contributed by atoms with Crippen LogP contribution in [0.25, 0.3) is 0 Å². The Labute approximate surface area is 112 Å². The molecule has 1 aromatic carbocycles. The highest BCUT2D eigenvalue weighted by Gasteiger charge is 2.44. The molecule has 2 rings (SSSR count). The van der Waals surface area contributed by atoms with Gasteiger partial charge in [-0.15, -0.1) is 0 Å². The van der Waals surface area contributed by atoms with E-state index in [0.29, 0.717) is 32.0 Å². The summed E-state index contributed by atoms with van der Waals surface area (Å²) in [4.78, 5) is 12.2. The quantitative estimate of drug-likeness (QED) is 0.823. The number of rotatable bonds is 5. The summed E-state index contributed by atoms with van der Waals surface area (Å²) in [6, 6.07) is 7.49. The molecule has 0 spiro atoms. The average Bonchev–Trinajstić information content (AvgIpc) is 2.89. The summed E-state index contributed by atoms with van der Waals surface area (Å²) in [5, 5.41) is 3.23. The first kappa shape index (κ1) is 13.7. The maximum Gasteiger partial charge on any atom is 0.334 e. The number of para-hydroxylation sites is 2. The van der Waals surface area contributed by atoms with Gasteiger partial charge in [-0.3, -0.25) is 0 Å². The molecule has 0 aromatic heterocycles. The van der Waals surface area contributed by atoms with Gasteiger partial charge in [0.25, 0.3) is 0 Å². The number of esters is 1. The molecule has 5 heteroatoms. The molecule has 1 fully saturated rings. The normalized spacial score (nSPS) is 22.0. The standard InChI is InChI=1S/C14H19NO4/c1-3-19-13(16)14(8-9-18-10-14)15-11-6-4-5-7-12(11)17-2/h4-7,15H,3,8-10H2,1-2H3. The molecule has 1 aliphatic rings. The first-order valence-corrected chi connectivity index (χ1v) is 6.38. The second-order valence-electron chi connectivity index (χ2n) is 4.43. The molecular formula is C14H19NO4. The van der Waals surface area contributed by atoms with Gasteiger partial charge in [0, 0.05) is 13.0 Å². The van der Waals surface area contributed by atoms with Gasteiger partial charge in [-0.25, -0.2) is 4.79 Å². The van der Waals surface area contributed by atoms with E-state index in [9.17, 15) is 4.79 Å². The number of hydrogen-bond donors (Lipinski definition) is 1. The summed E-state index contributed by atoms with van der Waals surface area (Å²) in [5.74, 6) is 0.413. The largest absolute Gasteiger partial charge is 0.495 e. The molecule has 0 bridgehead atoms. The lowest BCUT2D eigenvalue weighted by molar-refractivity contribution is -0.148. The summed E-state index contributed by atoms with van der Waals surface area (Å²) >= 11 is 0. The summed E-state index contributed by atoms with van der Waals surface area (Å²) in [6.07, 6.45) is 0.587. The SMILES string of the molecule is CCOC(=O)C1(Nc2ccccc2OC)CCOC1. The van der Waals surface area contributed by atoms with Gasteiger partial charge in [0.1, 0.15) is 5.75 Å². The summed E-state index contributed by atoms with van der Waals surface area (Å²) < 4.78 is 15.8. The van der Waals surface area contributed by atoms with E-state index in [2.05, 4.69) is 5.32 Å². The van der Waals surface area contributed by atoms with Gasteiger partial charge < -0.3 is 19.5 Å². The van der Waals surface area contributed by atoms with Crippen LogP contribution in [0.4, 0.5) is 5.69 Å². The predicted molar refractivity (Wildman–Crippen MR) is 71.4 cm³/mol. The molecule has 0 radical (unpaired) electrons. The van der Waals surface area contributed by atoms with E-state index in [1.165, 1.54) is 0 Å². The average molecular weight is 265 g/mol. The smallest absolute Gasteiger partial charge is 0.334 e. The number of benzene rings is 1. The van der Waals surface area contributed by atoms with Crippen LogP contribution in [0.5, 0.6) is 5.75 Å². The van der Waals surface area contributed by atoms with Crippen LogP contribution >= 0.6 is 0 Å². The molecule has 1 heterocycles. The third kappa shape index (κ3) is 2.81. The van der Waals surface area contributed by atoms with Crippen LogP contribution in [0.2, 0.25) is 0 Å². The molecule has 1 N–H and O–H groups in total. The van der Waals surface area contributed by atoms with Crippen molar-refractivity contribution in [2.24, 2.45) is 0 Å². The van der Waals surface area contributed by atoms with Gasteiger partial charge >= 0.3 is 5.97 Å². The second kappa shape index (κ2) is 5.93. The number of ether oxygens (including phenoxy) is 3. The fraction of sp³-hybridized carbons (Fsp3) is 0.500. The molecule has 5 nitrogen and oxygen atoms in total. The second-order valence-corrected chi connectivity index (χ2v) is 4.43. The van der Waals surface area contributed by atoms with Crippen LogP contribution in [-0.4, -0.2) is 38.4 Å². The zero-order chi connectivity index (χ0) is 13.7. The summed E-state index contributed by atoms with van der Waals surface area (Å²) in [7, 11) is 1.60. The van der Waals surface area contributed by atoms with E-state index in [1.807, 2.05) is 24.3 Å². The van der Waals surface area contributed by atoms with Crippen molar-refractivity contribution < 1.29 is 19.0 Å². The zero-order valence-electron chi connectivity index (χ0n) is 11.3. The Balaban J connectivity index is 2.23. The van der Waals surface area contributed by atoms with Crippen LogP contribution in [0, 0.1) is 0 Å². The molecule has 0 amide bonds. The molecule has 19 heavy (non-hydrogen) atoms. The van der Waals surface area contributed by atoms with E-state index in [4.69, 9.17) is 14.2 Å². The van der Waals surface area contributed by atoms with Gasteiger partial charge in [0.2, 0.25) is 0 Å². The fourth-order valence-electron chi connectivity index (χ4n) is 2.15. The summed E-state index contributed by atoms with van der Waals surface area (Å²) in [5.41, 5.74) is -0.0477. The lowest BCUT2D eigenvalue weighted by atomic mass is 9.98. The van der Waals surface area contributed by atoms with Crippen LogP contribution in [0.1, 0.15) is 13.3 Å². The maximum atomic E-state index is 12.2. The molecule has 1 unspecified atom stereocenters. The van der Waals surface area contributed by atoms with Crippen molar-refractivity contribution in [3.05, 3.63) is 24.3 Å². The van der Waals surface area contributed by atoms with Crippen molar-refractivity contribution >= 4 is 11.7 Å². The lowest BCUT2D eigenvalue weighted by Gasteiger charge is -2.28. The highest BCUT2D eigenvalue weighted by molar-refractivity contribution is 5.86. The Morgan fingerprint density at radius 2 is 2.26 bits per heavy atom. The first-order valence-electron chi connectivity index (χ1n) is 6.38. The molecule has 1 saturated heterocycles. The van der Waals surface area contributed by atoms with Gasteiger partial charge in [-0.05, 0) is 19.1 Å².